The van der Waals surface area contributed by atoms with Crippen LogP contribution in [0.25, 0.3) is 0 Å². The first-order chi connectivity index (χ1) is 9.85. The fourth-order valence-corrected chi connectivity index (χ4v) is 2.77. The van der Waals surface area contributed by atoms with E-state index in [-0.39, 0.29) is 18.2 Å². The SMILES string of the molecule is CC(C)(C)OC(=O)N1CCC[C@@H](NC(=O)N2CCCC2)C1. The number of carbonyl (C=O) groups excluding carboxylic acids is 2. The van der Waals surface area contributed by atoms with E-state index in [1.54, 1.807) is 4.90 Å². The summed E-state index contributed by atoms with van der Waals surface area (Å²) in [6.45, 7) is 8.51. The monoisotopic (exact) mass is 297 g/mol. The highest BCUT2D eigenvalue weighted by Gasteiger charge is 2.29. The minimum atomic E-state index is -0.483. The number of hydrogen-bond acceptors (Lipinski definition) is 3. The van der Waals surface area contributed by atoms with Crippen molar-refractivity contribution in [2.75, 3.05) is 26.2 Å². The van der Waals surface area contributed by atoms with Gasteiger partial charge >= 0.3 is 12.1 Å². The molecule has 6 nitrogen and oxygen atoms in total. The van der Waals surface area contributed by atoms with Crippen LogP contribution in [0.5, 0.6) is 0 Å². The summed E-state index contributed by atoms with van der Waals surface area (Å²) >= 11 is 0. The van der Waals surface area contributed by atoms with Gasteiger partial charge in [0.05, 0.1) is 0 Å². The molecule has 0 aromatic carbocycles. The number of likely N-dealkylation sites (tertiary alicyclic amines) is 2. The molecule has 6 heteroatoms. The first-order valence-corrected chi connectivity index (χ1v) is 7.88. The number of piperidine rings is 1. The third kappa shape index (κ3) is 4.79. The Morgan fingerprint density at radius 3 is 2.29 bits per heavy atom. The zero-order chi connectivity index (χ0) is 15.5. The summed E-state index contributed by atoms with van der Waals surface area (Å²) in [5.74, 6) is 0. The lowest BCUT2D eigenvalue weighted by molar-refractivity contribution is 0.0189. The van der Waals surface area contributed by atoms with E-state index in [9.17, 15) is 9.59 Å². The molecule has 0 spiro atoms. The van der Waals surface area contributed by atoms with Crippen LogP contribution < -0.4 is 5.32 Å². The van der Waals surface area contributed by atoms with Gasteiger partial charge in [-0.3, -0.25) is 0 Å². The quantitative estimate of drug-likeness (QED) is 0.807. The fraction of sp³-hybridized carbons (Fsp3) is 0.867. The molecule has 0 aliphatic carbocycles. The molecule has 0 unspecified atom stereocenters. The summed E-state index contributed by atoms with van der Waals surface area (Å²) in [6, 6.07) is 0.0305. The van der Waals surface area contributed by atoms with Crippen LogP contribution in [0.1, 0.15) is 46.5 Å². The van der Waals surface area contributed by atoms with Crippen molar-refractivity contribution in [3.63, 3.8) is 0 Å². The molecule has 120 valence electrons. The maximum Gasteiger partial charge on any atom is 0.410 e. The van der Waals surface area contributed by atoms with Crippen LogP contribution >= 0.6 is 0 Å². The molecule has 0 bridgehead atoms. The van der Waals surface area contributed by atoms with E-state index in [0.717, 1.165) is 38.8 Å². The third-order valence-corrected chi connectivity index (χ3v) is 3.79. The lowest BCUT2D eigenvalue weighted by Crippen LogP contribution is -2.53. The zero-order valence-corrected chi connectivity index (χ0v) is 13.4. The van der Waals surface area contributed by atoms with Crippen molar-refractivity contribution < 1.29 is 14.3 Å². The van der Waals surface area contributed by atoms with Crippen molar-refractivity contribution in [3.05, 3.63) is 0 Å². The van der Waals surface area contributed by atoms with Crippen molar-refractivity contribution in [3.8, 4) is 0 Å². The number of nitrogens with one attached hydrogen (secondary N) is 1. The average Bonchev–Trinajstić information content (AvgIpc) is 2.91. The van der Waals surface area contributed by atoms with Gasteiger partial charge in [0.1, 0.15) is 5.60 Å². The maximum atomic E-state index is 12.1. The van der Waals surface area contributed by atoms with Crippen molar-refractivity contribution >= 4 is 12.1 Å². The summed E-state index contributed by atoms with van der Waals surface area (Å²) in [7, 11) is 0. The minimum absolute atomic E-state index is 0.00328. The van der Waals surface area contributed by atoms with Crippen molar-refractivity contribution in [1.82, 2.24) is 15.1 Å². The molecule has 2 heterocycles. The number of ether oxygens (including phenoxy) is 1. The number of nitrogens with zero attached hydrogens (tertiary/aromatic N) is 2. The smallest absolute Gasteiger partial charge is 0.410 e. The highest BCUT2D eigenvalue weighted by atomic mass is 16.6. The number of hydrogen-bond donors (Lipinski definition) is 1. The molecule has 3 amide bonds. The average molecular weight is 297 g/mol. The molecule has 2 saturated heterocycles. The van der Waals surface area contributed by atoms with Crippen molar-refractivity contribution in [2.24, 2.45) is 0 Å². The van der Waals surface area contributed by atoms with E-state index in [1.807, 2.05) is 25.7 Å². The lowest BCUT2D eigenvalue weighted by Gasteiger charge is -2.35. The summed E-state index contributed by atoms with van der Waals surface area (Å²) in [5.41, 5.74) is -0.483. The topological polar surface area (TPSA) is 61.9 Å². The van der Waals surface area contributed by atoms with Crippen LogP contribution in [-0.4, -0.2) is 59.7 Å². The molecule has 0 radical (unpaired) electrons. The van der Waals surface area contributed by atoms with Crippen LogP contribution in [0.4, 0.5) is 9.59 Å². The molecule has 21 heavy (non-hydrogen) atoms. The van der Waals surface area contributed by atoms with Crippen LogP contribution in [-0.2, 0) is 4.74 Å². The normalized spacial score (nSPS) is 23.1. The molecule has 2 rings (SSSR count). The zero-order valence-electron chi connectivity index (χ0n) is 13.4. The number of rotatable bonds is 1. The van der Waals surface area contributed by atoms with Gasteiger partial charge in [-0.1, -0.05) is 0 Å². The van der Waals surface area contributed by atoms with E-state index in [2.05, 4.69) is 5.32 Å². The Kier molecular flexibility index (Phi) is 4.96. The molecule has 0 saturated carbocycles. The van der Waals surface area contributed by atoms with Gasteiger partial charge in [-0.2, -0.15) is 0 Å². The van der Waals surface area contributed by atoms with E-state index < -0.39 is 5.60 Å². The van der Waals surface area contributed by atoms with E-state index in [0.29, 0.717) is 13.1 Å². The molecular formula is C15H27N3O3. The molecule has 1 atom stereocenters. The number of urea groups is 1. The van der Waals surface area contributed by atoms with E-state index in [4.69, 9.17) is 4.74 Å². The predicted molar refractivity (Wildman–Crippen MR) is 80.2 cm³/mol. The molecular weight excluding hydrogens is 270 g/mol. The van der Waals surface area contributed by atoms with Crippen LogP contribution in [0.3, 0.4) is 0 Å². The molecule has 0 aromatic heterocycles. The van der Waals surface area contributed by atoms with Crippen molar-refractivity contribution in [2.45, 2.75) is 58.1 Å². The Labute approximate surface area is 126 Å². The molecule has 2 fully saturated rings. The van der Waals surface area contributed by atoms with Crippen molar-refractivity contribution in [1.29, 1.82) is 0 Å². The van der Waals surface area contributed by atoms with Gasteiger partial charge < -0.3 is 19.9 Å². The Balaban J connectivity index is 1.82. The van der Waals surface area contributed by atoms with Crippen LogP contribution in [0.2, 0.25) is 0 Å². The van der Waals surface area contributed by atoms with Gasteiger partial charge in [-0.15, -0.1) is 0 Å². The number of carbonyl (C=O) groups is 2. The van der Waals surface area contributed by atoms with Gasteiger partial charge in [-0.05, 0) is 46.5 Å². The standard InChI is InChI=1S/C15H27N3O3/c1-15(2,3)21-14(20)18-10-6-7-12(11-18)16-13(19)17-8-4-5-9-17/h12H,4-11H2,1-3H3,(H,16,19)/t12-/m1/s1. The van der Waals surface area contributed by atoms with Crippen LogP contribution in [0, 0.1) is 0 Å². The second-order valence-electron chi connectivity index (χ2n) is 6.91. The highest BCUT2D eigenvalue weighted by molar-refractivity contribution is 5.75. The Morgan fingerprint density at radius 1 is 1.05 bits per heavy atom. The highest BCUT2D eigenvalue weighted by Crippen LogP contribution is 2.16. The molecule has 0 aromatic rings. The van der Waals surface area contributed by atoms with Gasteiger partial charge in [0.25, 0.3) is 0 Å². The third-order valence-electron chi connectivity index (χ3n) is 3.79. The number of amides is 3. The summed E-state index contributed by atoms with van der Waals surface area (Å²) in [6.07, 6.45) is 3.69. The lowest BCUT2D eigenvalue weighted by atomic mass is 10.1. The molecule has 1 N–H and O–H groups in total. The molecule has 2 aliphatic heterocycles. The predicted octanol–water partition coefficient (Wildman–Crippen LogP) is 2.19. The van der Waals surface area contributed by atoms with Gasteiger partial charge in [0.15, 0.2) is 0 Å². The van der Waals surface area contributed by atoms with Gasteiger partial charge in [-0.25, -0.2) is 9.59 Å². The summed E-state index contributed by atoms with van der Waals surface area (Å²) in [5, 5.41) is 3.05. The Morgan fingerprint density at radius 2 is 1.67 bits per heavy atom. The van der Waals surface area contributed by atoms with E-state index >= 15 is 0 Å². The summed E-state index contributed by atoms with van der Waals surface area (Å²) < 4.78 is 5.39. The fourth-order valence-electron chi connectivity index (χ4n) is 2.77. The minimum Gasteiger partial charge on any atom is -0.444 e. The van der Waals surface area contributed by atoms with E-state index in [1.165, 1.54) is 0 Å². The maximum absolute atomic E-state index is 12.1. The van der Waals surface area contributed by atoms with Crippen LogP contribution in [0.15, 0.2) is 0 Å². The Bertz CT molecular complexity index is 386. The Hall–Kier alpha value is -1.46. The first-order valence-electron chi connectivity index (χ1n) is 7.88. The molecule has 2 aliphatic rings. The largest absolute Gasteiger partial charge is 0.444 e. The van der Waals surface area contributed by atoms with Gasteiger partial charge in [0.2, 0.25) is 0 Å². The van der Waals surface area contributed by atoms with Gasteiger partial charge in [0, 0.05) is 32.2 Å². The second-order valence-corrected chi connectivity index (χ2v) is 6.91. The first kappa shape index (κ1) is 15.9. The second kappa shape index (κ2) is 6.54. The summed E-state index contributed by atoms with van der Waals surface area (Å²) in [4.78, 5) is 27.7.